The van der Waals surface area contributed by atoms with Gasteiger partial charge in [0, 0.05) is 30.5 Å². The van der Waals surface area contributed by atoms with E-state index in [0.717, 1.165) is 0 Å². The summed E-state index contributed by atoms with van der Waals surface area (Å²) in [7, 11) is 4.68. The normalized spacial score (nSPS) is 13.5. The molecule has 28 heavy (non-hydrogen) atoms. The van der Waals surface area contributed by atoms with Crippen LogP contribution in [0.4, 0.5) is 16.2 Å². The fourth-order valence-electron chi connectivity index (χ4n) is 3.01. The Balaban J connectivity index is 1.62. The fraction of sp³-hybridized carbons (Fsp3) is 0.300. The summed E-state index contributed by atoms with van der Waals surface area (Å²) in [5.41, 5.74) is 1.34. The Kier molecular flexibility index (Phi) is 5.88. The van der Waals surface area contributed by atoms with E-state index in [9.17, 15) is 9.59 Å². The summed E-state index contributed by atoms with van der Waals surface area (Å²) < 4.78 is 15.6. The maximum atomic E-state index is 12.7. The molecule has 1 N–H and O–H groups in total. The smallest absolute Gasteiger partial charge is 0.325 e. The van der Waals surface area contributed by atoms with Crippen molar-refractivity contribution in [3.63, 3.8) is 0 Å². The number of nitrogens with zero attached hydrogens (tertiary/aromatic N) is 2. The van der Waals surface area contributed by atoms with Crippen LogP contribution in [-0.4, -0.2) is 57.8 Å². The van der Waals surface area contributed by atoms with Gasteiger partial charge >= 0.3 is 6.03 Å². The van der Waals surface area contributed by atoms with Gasteiger partial charge in [0.15, 0.2) is 11.5 Å². The highest BCUT2D eigenvalue weighted by molar-refractivity contribution is 5.99. The van der Waals surface area contributed by atoms with Crippen LogP contribution in [0.3, 0.4) is 0 Å². The Bertz CT molecular complexity index is 853. The van der Waals surface area contributed by atoms with Crippen molar-refractivity contribution in [2.45, 2.75) is 0 Å². The van der Waals surface area contributed by atoms with Crippen LogP contribution in [0.25, 0.3) is 0 Å². The Morgan fingerprint density at radius 2 is 1.68 bits per heavy atom. The number of ether oxygens (including phenoxy) is 3. The summed E-state index contributed by atoms with van der Waals surface area (Å²) in [6, 6.07) is 12.1. The van der Waals surface area contributed by atoms with E-state index in [2.05, 4.69) is 5.32 Å². The molecule has 0 radical (unpaired) electrons. The minimum absolute atomic E-state index is 0.0192. The molecule has 8 nitrogen and oxygen atoms in total. The number of methoxy groups -OCH3 is 3. The van der Waals surface area contributed by atoms with E-state index in [1.807, 2.05) is 0 Å². The molecule has 2 aromatic carbocycles. The van der Waals surface area contributed by atoms with Gasteiger partial charge in [-0.2, -0.15) is 0 Å². The molecule has 0 spiro atoms. The first kappa shape index (κ1) is 19.3. The van der Waals surface area contributed by atoms with E-state index < -0.39 is 0 Å². The lowest BCUT2D eigenvalue weighted by Gasteiger charge is -2.19. The Hall–Kier alpha value is -3.42. The third-order valence-corrected chi connectivity index (χ3v) is 4.48. The van der Waals surface area contributed by atoms with Gasteiger partial charge in [-0.1, -0.05) is 0 Å². The molecular formula is C20H23N3O5. The fourth-order valence-corrected chi connectivity index (χ4v) is 3.01. The monoisotopic (exact) mass is 385 g/mol. The van der Waals surface area contributed by atoms with Gasteiger partial charge in [-0.15, -0.1) is 0 Å². The Morgan fingerprint density at radius 3 is 2.32 bits per heavy atom. The molecule has 0 aromatic heterocycles. The van der Waals surface area contributed by atoms with Crippen LogP contribution in [0.5, 0.6) is 17.2 Å². The number of benzene rings is 2. The first-order valence-electron chi connectivity index (χ1n) is 8.78. The molecule has 3 amide bonds. The number of urea groups is 1. The highest BCUT2D eigenvalue weighted by Crippen LogP contribution is 2.32. The van der Waals surface area contributed by atoms with Crippen molar-refractivity contribution < 1.29 is 23.8 Å². The molecule has 148 valence electrons. The average Bonchev–Trinajstić information content (AvgIpc) is 3.08. The highest BCUT2D eigenvalue weighted by atomic mass is 16.5. The zero-order chi connectivity index (χ0) is 20.1. The molecule has 0 unspecified atom stereocenters. The predicted molar refractivity (Wildman–Crippen MR) is 105 cm³/mol. The van der Waals surface area contributed by atoms with Crippen molar-refractivity contribution >= 4 is 23.3 Å². The van der Waals surface area contributed by atoms with Crippen molar-refractivity contribution in [3.05, 3.63) is 42.5 Å². The van der Waals surface area contributed by atoms with E-state index >= 15 is 0 Å². The van der Waals surface area contributed by atoms with E-state index in [1.165, 1.54) is 4.90 Å². The maximum absolute atomic E-state index is 12.7. The van der Waals surface area contributed by atoms with Gasteiger partial charge < -0.3 is 24.4 Å². The second-order valence-corrected chi connectivity index (χ2v) is 6.17. The Labute approximate surface area is 163 Å². The molecule has 0 aliphatic carbocycles. The van der Waals surface area contributed by atoms with E-state index in [1.54, 1.807) is 68.7 Å². The summed E-state index contributed by atoms with van der Waals surface area (Å²) in [5, 5.41) is 2.79. The zero-order valence-electron chi connectivity index (χ0n) is 16.1. The van der Waals surface area contributed by atoms with Crippen LogP contribution in [0.1, 0.15) is 0 Å². The number of carbonyl (C=O) groups excluding carboxylic acids is 2. The van der Waals surface area contributed by atoms with Crippen LogP contribution in [0.15, 0.2) is 42.5 Å². The number of hydrogen-bond acceptors (Lipinski definition) is 5. The van der Waals surface area contributed by atoms with E-state index in [-0.39, 0.29) is 18.5 Å². The lowest BCUT2D eigenvalue weighted by Crippen LogP contribution is -2.37. The lowest BCUT2D eigenvalue weighted by atomic mass is 10.2. The molecule has 1 aliphatic rings. The van der Waals surface area contributed by atoms with Crippen LogP contribution in [0.2, 0.25) is 0 Å². The molecule has 8 heteroatoms. The van der Waals surface area contributed by atoms with Gasteiger partial charge in [0.2, 0.25) is 5.91 Å². The first-order valence-corrected chi connectivity index (χ1v) is 8.78. The summed E-state index contributed by atoms with van der Waals surface area (Å²) in [5.74, 6) is 1.59. The largest absolute Gasteiger partial charge is 0.497 e. The second-order valence-electron chi connectivity index (χ2n) is 6.17. The van der Waals surface area contributed by atoms with Gasteiger partial charge in [0.1, 0.15) is 12.3 Å². The molecule has 1 fully saturated rings. The van der Waals surface area contributed by atoms with E-state index in [4.69, 9.17) is 14.2 Å². The average molecular weight is 385 g/mol. The molecule has 1 heterocycles. The standard InChI is InChI=1S/C20H23N3O5/c1-26-16-7-4-14(5-8-16)21-19(24)13-22-10-11-23(20(22)25)15-6-9-17(27-2)18(12-15)28-3/h4-9,12H,10-11,13H2,1-3H3,(H,21,24). The van der Waals surface area contributed by atoms with Crippen LogP contribution in [0, 0.1) is 0 Å². The minimum atomic E-state index is -0.257. The summed E-state index contributed by atoms with van der Waals surface area (Å²) in [4.78, 5) is 28.1. The first-order chi connectivity index (χ1) is 13.5. The summed E-state index contributed by atoms with van der Waals surface area (Å²) in [6.45, 7) is 0.933. The van der Waals surface area contributed by atoms with Crippen LogP contribution >= 0.6 is 0 Å². The highest BCUT2D eigenvalue weighted by Gasteiger charge is 2.31. The molecule has 1 saturated heterocycles. The SMILES string of the molecule is COc1ccc(NC(=O)CN2CCN(c3ccc(OC)c(OC)c3)C2=O)cc1. The maximum Gasteiger partial charge on any atom is 0.325 e. The molecule has 3 rings (SSSR count). The number of hydrogen-bond donors (Lipinski definition) is 1. The predicted octanol–water partition coefficient (Wildman–Crippen LogP) is 2.59. The number of carbonyl (C=O) groups is 2. The summed E-state index contributed by atoms with van der Waals surface area (Å²) >= 11 is 0. The zero-order valence-corrected chi connectivity index (χ0v) is 16.1. The third kappa shape index (κ3) is 4.11. The van der Waals surface area contributed by atoms with Crippen molar-refractivity contribution in [1.82, 2.24) is 4.90 Å². The van der Waals surface area contributed by atoms with Gasteiger partial charge in [0.25, 0.3) is 0 Å². The van der Waals surface area contributed by atoms with Gasteiger partial charge in [0.05, 0.1) is 21.3 Å². The quantitative estimate of drug-likeness (QED) is 0.792. The topological polar surface area (TPSA) is 80.3 Å². The number of rotatable bonds is 7. The van der Waals surface area contributed by atoms with Crippen molar-refractivity contribution in [1.29, 1.82) is 0 Å². The Morgan fingerprint density at radius 1 is 0.964 bits per heavy atom. The van der Waals surface area contributed by atoms with Crippen molar-refractivity contribution in [3.8, 4) is 17.2 Å². The molecular weight excluding hydrogens is 362 g/mol. The molecule has 0 bridgehead atoms. The van der Waals surface area contributed by atoms with Crippen LogP contribution < -0.4 is 24.4 Å². The molecule has 2 aromatic rings. The second kappa shape index (κ2) is 8.51. The van der Waals surface area contributed by atoms with Gasteiger partial charge in [-0.3, -0.25) is 9.69 Å². The third-order valence-electron chi connectivity index (χ3n) is 4.48. The summed E-state index contributed by atoms with van der Waals surface area (Å²) in [6.07, 6.45) is 0. The van der Waals surface area contributed by atoms with Crippen molar-refractivity contribution in [2.24, 2.45) is 0 Å². The van der Waals surface area contributed by atoms with Crippen LogP contribution in [-0.2, 0) is 4.79 Å². The number of anilines is 2. The van der Waals surface area contributed by atoms with Gasteiger partial charge in [-0.25, -0.2) is 4.79 Å². The number of amides is 3. The molecule has 1 aliphatic heterocycles. The van der Waals surface area contributed by atoms with Crippen molar-refractivity contribution in [2.75, 3.05) is 51.2 Å². The number of nitrogens with one attached hydrogen (secondary N) is 1. The van der Waals surface area contributed by atoms with E-state index in [0.29, 0.717) is 41.7 Å². The molecule has 0 saturated carbocycles. The molecule has 0 atom stereocenters. The van der Waals surface area contributed by atoms with Gasteiger partial charge in [-0.05, 0) is 36.4 Å². The minimum Gasteiger partial charge on any atom is -0.497 e. The lowest BCUT2D eigenvalue weighted by molar-refractivity contribution is -0.116.